The number of phenolic OH excluding ortho intramolecular Hbond substituents is 1. The molecule has 0 heterocycles. The minimum Gasteiger partial charge on any atom is -0.508 e. The van der Waals surface area contributed by atoms with Gasteiger partial charge in [0, 0.05) is 11.1 Å². The van der Waals surface area contributed by atoms with Crippen LogP contribution < -0.4 is 5.32 Å². The van der Waals surface area contributed by atoms with Crippen molar-refractivity contribution in [1.29, 1.82) is 0 Å². The largest absolute Gasteiger partial charge is 0.508 e. The fraction of sp³-hybridized carbons (Fsp3) is 0.417. The Hall–Kier alpha value is -1.51. The molecule has 1 saturated carbocycles. The number of carbonyl (C=O) groups excluding carboxylic acids is 1. The van der Waals surface area contributed by atoms with Crippen LogP contribution in [-0.4, -0.2) is 16.6 Å². The number of nitrogens with one attached hydrogen (secondary N) is 1. The molecule has 0 saturated heterocycles. The maximum Gasteiger partial charge on any atom is 0.224 e. The highest BCUT2D eigenvalue weighted by Crippen LogP contribution is 2.34. The van der Waals surface area contributed by atoms with E-state index < -0.39 is 0 Å². The summed E-state index contributed by atoms with van der Waals surface area (Å²) in [5.41, 5.74) is 0.695. The Kier molecular flexibility index (Phi) is 2.39. The average Bonchev–Trinajstić information content (AvgIpc) is 2.87. The highest BCUT2D eigenvalue weighted by atomic mass is 16.3. The molecular formula is C12H15NO2. The van der Waals surface area contributed by atoms with E-state index in [0.29, 0.717) is 5.56 Å². The summed E-state index contributed by atoms with van der Waals surface area (Å²) in [6, 6.07) is 6.94. The van der Waals surface area contributed by atoms with Crippen molar-refractivity contribution >= 4 is 5.91 Å². The molecular weight excluding hydrogens is 190 g/mol. The van der Waals surface area contributed by atoms with Gasteiger partial charge in [0.05, 0.1) is 6.42 Å². The van der Waals surface area contributed by atoms with Crippen LogP contribution in [-0.2, 0) is 11.2 Å². The Bertz CT molecular complexity index is 383. The summed E-state index contributed by atoms with van der Waals surface area (Å²) in [7, 11) is 0. The van der Waals surface area contributed by atoms with Gasteiger partial charge in [-0.05, 0) is 25.8 Å². The Morgan fingerprint density at radius 3 is 2.73 bits per heavy atom. The van der Waals surface area contributed by atoms with Gasteiger partial charge < -0.3 is 10.4 Å². The number of hydrogen-bond donors (Lipinski definition) is 2. The van der Waals surface area contributed by atoms with Crippen molar-refractivity contribution < 1.29 is 9.90 Å². The van der Waals surface area contributed by atoms with Crippen molar-refractivity contribution in [2.45, 2.75) is 31.7 Å². The lowest BCUT2D eigenvalue weighted by molar-refractivity contribution is -0.121. The normalized spacial score (nSPS) is 17.1. The summed E-state index contributed by atoms with van der Waals surface area (Å²) in [6.07, 6.45) is 2.36. The van der Waals surface area contributed by atoms with Gasteiger partial charge in [0.25, 0.3) is 0 Å². The molecule has 0 aliphatic heterocycles. The molecule has 1 aromatic rings. The monoisotopic (exact) mass is 205 g/mol. The molecule has 1 aliphatic rings. The molecule has 1 fully saturated rings. The number of aromatic hydroxyl groups is 1. The zero-order valence-electron chi connectivity index (χ0n) is 8.79. The van der Waals surface area contributed by atoms with Crippen molar-refractivity contribution in [2.75, 3.05) is 0 Å². The van der Waals surface area contributed by atoms with Gasteiger partial charge in [0.2, 0.25) is 5.91 Å². The lowest BCUT2D eigenvalue weighted by Crippen LogP contribution is -2.35. The lowest BCUT2D eigenvalue weighted by Gasteiger charge is -2.11. The Labute approximate surface area is 89.1 Å². The molecule has 0 aromatic heterocycles. The standard InChI is InChI=1S/C12H15NO2/c1-12(6-7-12)13-11(15)8-9-4-2-3-5-10(9)14/h2-5,14H,6-8H2,1H3,(H,13,15). The molecule has 2 N–H and O–H groups in total. The van der Waals surface area contributed by atoms with Crippen molar-refractivity contribution in [3.8, 4) is 5.75 Å². The molecule has 2 rings (SSSR count). The summed E-state index contributed by atoms with van der Waals surface area (Å²) in [4.78, 5) is 11.6. The number of para-hydroxylation sites is 1. The fourth-order valence-electron chi connectivity index (χ4n) is 1.53. The van der Waals surface area contributed by atoms with Gasteiger partial charge in [-0.1, -0.05) is 18.2 Å². The van der Waals surface area contributed by atoms with Gasteiger partial charge in [-0.15, -0.1) is 0 Å². The molecule has 0 unspecified atom stereocenters. The first-order valence-corrected chi connectivity index (χ1v) is 5.17. The quantitative estimate of drug-likeness (QED) is 0.787. The van der Waals surface area contributed by atoms with Gasteiger partial charge in [-0.25, -0.2) is 0 Å². The molecule has 1 aliphatic carbocycles. The third-order valence-corrected chi connectivity index (χ3v) is 2.78. The van der Waals surface area contributed by atoms with E-state index in [2.05, 4.69) is 5.32 Å². The predicted octanol–water partition coefficient (Wildman–Crippen LogP) is 1.60. The number of hydrogen-bond acceptors (Lipinski definition) is 2. The molecule has 1 aromatic carbocycles. The van der Waals surface area contributed by atoms with Crippen LogP contribution >= 0.6 is 0 Å². The van der Waals surface area contributed by atoms with Gasteiger partial charge in [-0.3, -0.25) is 4.79 Å². The minimum atomic E-state index is -0.0171. The maximum atomic E-state index is 11.6. The van der Waals surface area contributed by atoms with Crippen LogP contribution in [0, 0.1) is 0 Å². The third-order valence-electron chi connectivity index (χ3n) is 2.78. The van der Waals surface area contributed by atoms with Crippen LogP contribution in [0.25, 0.3) is 0 Å². The first-order valence-electron chi connectivity index (χ1n) is 5.17. The zero-order chi connectivity index (χ0) is 10.9. The van der Waals surface area contributed by atoms with E-state index in [9.17, 15) is 9.90 Å². The number of rotatable bonds is 3. The Morgan fingerprint density at radius 1 is 1.47 bits per heavy atom. The summed E-state index contributed by atoms with van der Waals surface area (Å²) in [5, 5.41) is 12.4. The van der Waals surface area contributed by atoms with Crippen LogP contribution in [0.4, 0.5) is 0 Å². The molecule has 1 amide bonds. The molecule has 0 bridgehead atoms. The average molecular weight is 205 g/mol. The van der Waals surface area contributed by atoms with Crippen LogP contribution in [0.1, 0.15) is 25.3 Å². The molecule has 3 heteroatoms. The van der Waals surface area contributed by atoms with E-state index in [1.807, 2.05) is 13.0 Å². The third kappa shape index (κ3) is 2.49. The van der Waals surface area contributed by atoms with E-state index in [0.717, 1.165) is 12.8 Å². The van der Waals surface area contributed by atoms with Crippen molar-refractivity contribution in [3.05, 3.63) is 29.8 Å². The summed E-state index contributed by atoms with van der Waals surface area (Å²) < 4.78 is 0. The fourth-order valence-corrected chi connectivity index (χ4v) is 1.53. The van der Waals surface area contributed by atoms with Crippen LogP contribution in [0.5, 0.6) is 5.75 Å². The van der Waals surface area contributed by atoms with Crippen LogP contribution in [0.3, 0.4) is 0 Å². The first kappa shape index (κ1) is 10.0. The number of carbonyl (C=O) groups is 1. The lowest BCUT2D eigenvalue weighted by atomic mass is 10.1. The molecule has 3 nitrogen and oxygen atoms in total. The number of benzene rings is 1. The van der Waals surface area contributed by atoms with E-state index in [1.165, 1.54) is 0 Å². The van der Waals surface area contributed by atoms with Crippen LogP contribution in [0.15, 0.2) is 24.3 Å². The summed E-state index contributed by atoms with van der Waals surface area (Å²) in [6.45, 7) is 2.04. The van der Waals surface area contributed by atoms with E-state index in [1.54, 1.807) is 18.2 Å². The van der Waals surface area contributed by atoms with E-state index >= 15 is 0 Å². The second kappa shape index (κ2) is 3.57. The number of amides is 1. The Balaban J connectivity index is 1.97. The highest BCUT2D eigenvalue weighted by molar-refractivity contribution is 5.80. The second-order valence-corrected chi connectivity index (χ2v) is 4.41. The summed E-state index contributed by atoms with van der Waals surface area (Å²) >= 11 is 0. The number of phenols is 1. The van der Waals surface area contributed by atoms with Gasteiger partial charge in [-0.2, -0.15) is 0 Å². The summed E-state index contributed by atoms with van der Waals surface area (Å²) in [5.74, 6) is 0.171. The van der Waals surface area contributed by atoms with Gasteiger partial charge in [0.1, 0.15) is 5.75 Å². The Morgan fingerprint density at radius 2 is 2.13 bits per heavy atom. The van der Waals surface area contributed by atoms with Gasteiger partial charge in [0.15, 0.2) is 0 Å². The maximum absolute atomic E-state index is 11.6. The highest BCUT2D eigenvalue weighted by Gasteiger charge is 2.38. The minimum absolute atomic E-state index is 0.0154. The van der Waals surface area contributed by atoms with E-state index in [4.69, 9.17) is 0 Å². The topological polar surface area (TPSA) is 49.3 Å². The van der Waals surface area contributed by atoms with Crippen molar-refractivity contribution in [2.24, 2.45) is 0 Å². The second-order valence-electron chi connectivity index (χ2n) is 4.41. The van der Waals surface area contributed by atoms with Crippen molar-refractivity contribution in [3.63, 3.8) is 0 Å². The van der Waals surface area contributed by atoms with Gasteiger partial charge >= 0.3 is 0 Å². The SMILES string of the molecule is CC1(NC(=O)Cc2ccccc2O)CC1. The molecule has 0 radical (unpaired) electrons. The molecule has 0 spiro atoms. The van der Waals surface area contributed by atoms with Crippen molar-refractivity contribution in [1.82, 2.24) is 5.32 Å². The smallest absolute Gasteiger partial charge is 0.224 e. The first-order chi connectivity index (χ1) is 7.09. The molecule has 15 heavy (non-hydrogen) atoms. The molecule has 0 atom stereocenters. The molecule has 80 valence electrons. The zero-order valence-corrected chi connectivity index (χ0v) is 8.79. The predicted molar refractivity (Wildman–Crippen MR) is 57.6 cm³/mol. The van der Waals surface area contributed by atoms with E-state index in [-0.39, 0.29) is 23.6 Å². The van der Waals surface area contributed by atoms with Crippen LogP contribution in [0.2, 0.25) is 0 Å².